The van der Waals surface area contributed by atoms with Crippen molar-refractivity contribution in [1.29, 1.82) is 5.26 Å². The summed E-state index contributed by atoms with van der Waals surface area (Å²) in [7, 11) is -2.55. The summed E-state index contributed by atoms with van der Waals surface area (Å²) in [6, 6.07) is 4.00. The molecule has 1 aromatic rings. The van der Waals surface area contributed by atoms with E-state index in [2.05, 4.69) is 21.9 Å². The van der Waals surface area contributed by atoms with Gasteiger partial charge in [-0.1, -0.05) is 11.8 Å². The number of nitriles is 1. The van der Waals surface area contributed by atoms with Gasteiger partial charge in [0.05, 0.1) is 11.6 Å². The highest BCUT2D eigenvalue weighted by Crippen LogP contribution is 2.31. The van der Waals surface area contributed by atoms with Crippen LogP contribution in [0.5, 0.6) is 0 Å². The summed E-state index contributed by atoms with van der Waals surface area (Å²) >= 11 is 0. The van der Waals surface area contributed by atoms with Crippen LogP contribution in [-0.4, -0.2) is 72.6 Å². The average Bonchev–Trinajstić information content (AvgIpc) is 3.00. The van der Waals surface area contributed by atoms with Crippen molar-refractivity contribution in [3.63, 3.8) is 0 Å². The SMILES string of the molecule is CN1CC2C(=C1C(=O)Nc1ccc(F)c(C#N)c1)OC[C@H]([C@H](O)C#CC(C)(C)O)NS2(=O)=O. The molecular weight excluding hydrogens is 455 g/mol. The van der Waals surface area contributed by atoms with E-state index in [1.165, 1.54) is 31.9 Å². The molecule has 2 aliphatic heterocycles. The maximum Gasteiger partial charge on any atom is 0.275 e. The van der Waals surface area contributed by atoms with Gasteiger partial charge in [-0.25, -0.2) is 17.5 Å². The quantitative estimate of drug-likeness (QED) is 0.429. The van der Waals surface area contributed by atoms with E-state index in [0.29, 0.717) is 0 Å². The van der Waals surface area contributed by atoms with Crippen molar-refractivity contribution in [3.8, 4) is 17.9 Å². The Labute approximate surface area is 190 Å². The first-order valence-corrected chi connectivity index (χ1v) is 11.4. The lowest BCUT2D eigenvalue weighted by atomic mass is 10.1. The first-order chi connectivity index (χ1) is 15.3. The Morgan fingerprint density at radius 3 is 2.79 bits per heavy atom. The fraction of sp³-hybridized carbons (Fsp3) is 0.429. The summed E-state index contributed by atoms with van der Waals surface area (Å²) in [5.74, 6) is 3.28. The third kappa shape index (κ3) is 5.43. The van der Waals surface area contributed by atoms with Gasteiger partial charge < -0.3 is 25.2 Å². The maximum absolute atomic E-state index is 13.6. The molecule has 0 aromatic heterocycles. The van der Waals surface area contributed by atoms with Gasteiger partial charge in [0.15, 0.2) is 5.25 Å². The van der Waals surface area contributed by atoms with Crippen molar-refractivity contribution in [1.82, 2.24) is 9.62 Å². The third-order valence-corrected chi connectivity index (χ3v) is 6.67. The van der Waals surface area contributed by atoms with Crippen LogP contribution in [0.4, 0.5) is 10.1 Å². The van der Waals surface area contributed by atoms with E-state index in [-0.39, 0.29) is 35.9 Å². The number of nitrogens with zero attached hydrogens (tertiary/aromatic N) is 2. The molecule has 33 heavy (non-hydrogen) atoms. The number of fused-ring (bicyclic) bond motifs is 1. The zero-order chi connectivity index (χ0) is 24.6. The largest absolute Gasteiger partial charge is 0.492 e. The number of ether oxygens (including phenoxy) is 1. The molecule has 0 spiro atoms. The monoisotopic (exact) mass is 478 g/mol. The van der Waals surface area contributed by atoms with Crippen LogP contribution in [-0.2, 0) is 19.6 Å². The highest BCUT2D eigenvalue weighted by atomic mass is 32.2. The van der Waals surface area contributed by atoms with Gasteiger partial charge in [0.1, 0.15) is 41.7 Å². The Kier molecular flexibility index (Phi) is 6.68. The number of benzene rings is 1. The minimum absolute atomic E-state index is 0.0501. The Bertz CT molecular complexity index is 1210. The van der Waals surface area contributed by atoms with Crippen LogP contribution in [0.15, 0.2) is 29.7 Å². The number of carbonyl (C=O) groups is 1. The number of carbonyl (C=O) groups excluding carboxylic acids is 1. The summed E-state index contributed by atoms with van der Waals surface area (Å²) in [6.45, 7) is 2.43. The maximum atomic E-state index is 13.6. The lowest BCUT2D eigenvalue weighted by molar-refractivity contribution is -0.114. The lowest BCUT2D eigenvalue weighted by Gasteiger charge is -2.20. The molecule has 1 amide bonds. The molecule has 1 unspecified atom stereocenters. The molecule has 2 aliphatic rings. The third-order valence-electron chi connectivity index (χ3n) is 4.92. The molecule has 0 saturated carbocycles. The van der Waals surface area contributed by atoms with Crippen molar-refractivity contribution in [2.75, 3.05) is 25.5 Å². The number of nitrogens with one attached hydrogen (secondary N) is 2. The van der Waals surface area contributed by atoms with Crippen LogP contribution in [0.25, 0.3) is 0 Å². The van der Waals surface area contributed by atoms with Crippen LogP contribution in [0.1, 0.15) is 19.4 Å². The van der Waals surface area contributed by atoms with E-state index in [0.717, 1.165) is 12.1 Å². The second kappa shape index (κ2) is 9.00. The topological polar surface area (TPSA) is 152 Å². The molecule has 2 heterocycles. The van der Waals surface area contributed by atoms with E-state index in [9.17, 15) is 27.8 Å². The number of aliphatic hydroxyl groups excluding tert-OH is 1. The smallest absolute Gasteiger partial charge is 0.275 e. The number of sulfonamides is 1. The summed E-state index contributed by atoms with van der Waals surface area (Å²) in [5, 5.41) is 30.3. The van der Waals surface area contributed by atoms with E-state index in [1.54, 1.807) is 6.07 Å². The zero-order valence-electron chi connectivity index (χ0n) is 18.1. The summed E-state index contributed by atoms with van der Waals surface area (Å²) < 4.78 is 47.4. The zero-order valence-corrected chi connectivity index (χ0v) is 18.9. The molecule has 3 rings (SSSR count). The second-order valence-corrected chi connectivity index (χ2v) is 10.1. The predicted octanol–water partition coefficient (Wildman–Crippen LogP) is -0.385. The van der Waals surface area contributed by atoms with E-state index in [4.69, 9.17) is 10.00 Å². The van der Waals surface area contributed by atoms with Gasteiger partial charge in [-0.3, -0.25) is 4.79 Å². The summed E-state index contributed by atoms with van der Waals surface area (Å²) in [4.78, 5) is 14.3. The number of likely N-dealkylation sites (N-methyl/N-ethyl adjacent to an activating group) is 1. The first-order valence-electron chi connectivity index (χ1n) is 9.86. The Balaban J connectivity index is 1.89. The minimum Gasteiger partial charge on any atom is -0.492 e. The van der Waals surface area contributed by atoms with Crippen LogP contribution < -0.4 is 10.0 Å². The van der Waals surface area contributed by atoms with Gasteiger partial charge in [0.25, 0.3) is 5.91 Å². The summed E-state index contributed by atoms with van der Waals surface area (Å²) in [6.07, 6.45) is -1.47. The molecule has 3 atom stereocenters. The van der Waals surface area contributed by atoms with Crippen LogP contribution in [0, 0.1) is 29.0 Å². The van der Waals surface area contributed by atoms with Crippen molar-refractivity contribution in [2.45, 2.75) is 36.8 Å². The number of rotatable bonds is 3. The molecule has 10 nitrogen and oxygen atoms in total. The van der Waals surface area contributed by atoms with Gasteiger partial charge in [0.2, 0.25) is 10.0 Å². The molecule has 1 aromatic carbocycles. The number of hydrogen-bond donors (Lipinski definition) is 4. The van der Waals surface area contributed by atoms with Crippen molar-refractivity contribution >= 4 is 21.6 Å². The van der Waals surface area contributed by atoms with Crippen LogP contribution in [0.2, 0.25) is 0 Å². The van der Waals surface area contributed by atoms with Gasteiger partial charge >= 0.3 is 0 Å². The van der Waals surface area contributed by atoms with Gasteiger partial charge in [-0.05, 0) is 32.0 Å². The average molecular weight is 479 g/mol. The molecule has 176 valence electrons. The number of hydrogen-bond acceptors (Lipinski definition) is 8. The minimum atomic E-state index is -4.07. The molecule has 0 aliphatic carbocycles. The molecule has 1 fully saturated rings. The number of halogens is 1. The fourth-order valence-electron chi connectivity index (χ4n) is 3.34. The normalized spacial score (nSPS) is 22.8. The van der Waals surface area contributed by atoms with Gasteiger partial charge in [-0.15, -0.1) is 0 Å². The van der Waals surface area contributed by atoms with Crippen LogP contribution >= 0.6 is 0 Å². The Hall–Kier alpha value is -3.16. The van der Waals surface area contributed by atoms with E-state index >= 15 is 0 Å². The molecule has 0 radical (unpaired) electrons. The Morgan fingerprint density at radius 1 is 1.45 bits per heavy atom. The summed E-state index contributed by atoms with van der Waals surface area (Å²) in [5.41, 5.74) is -1.55. The van der Waals surface area contributed by atoms with Crippen LogP contribution in [0.3, 0.4) is 0 Å². The highest BCUT2D eigenvalue weighted by Gasteiger charge is 2.46. The molecule has 1 saturated heterocycles. The number of aliphatic hydroxyl groups is 2. The molecule has 0 bridgehead atoms. The first kappa shape index (κ1) is 24.5. The second-order valence-electron chi connectivity index (χ2n) is 8.20. The van der Waals surface area contributed by atoms with Crippen molar-refractivity contribution in [3.05, 3.63) is 41.0 Å². The molecule has 4 N–H and O–H groups in total. The van der Waals surface area contributed by atoms with Crippen molar-refractivity contribution in [2.24, 2.45) is 0 Å². The fourth-order valence-corrected chi connectivity index (χ4v) is 5.01. The Morgan fingerprint density at radius 2 is 2.15 bits per heavy atom. The number of amides is 1. The lowest BCUT2D eigenvalue weighted by Crippen LogP contribution is -2.47. The molecular formula is C21H23FN4O6S. The number of anilines is 1. The molecule has 12 heteroatoms. The van der Waals surface area contributed by atoms with E-state index < -0.39 is 44.7 Å². The van der Waals surface area contributed by atoms with E-state index in [1.807, 2.05) is 0 Å². The predicted molar refractivity (Wildman–Crippen MR) is 115 cm³/mol. The van der Waals surface area contributed by atoms with Gasteiger partial charge in [-0.2, -0.15) is 5.26 Å². The van der Waals surface area contributed by atoms with Gasteiger partial charge in [0, 0.05) is 19.3 Å². The van der Waals surface area contributed by atoms with Crippen molar-refractivity contribution < 1.29 is 32.6 Å². The highest BCUT2D eigenvalue weighted by molar-refractivity contribution is 7.90. The standard InChI is InChI=1S/C21H23FN4O6S/c1-21(2,29)7-6-16(27)15-11-32-19-17(33(30,31)25-15)10-26(3)18(19)20(28)24-13-4-5-14(22)12(8-13)9-23/h4-5,8,15-17,25,27,29H,10-11H2,1-3H3,(H,24,28)/t15-,16-,17?/m1/s1.